The van der Waals surface area contributed by atoms with E-state index in [2.05, 4.69) is 15.3 Å². The number of rotatable bonds is 8. The highest BCUT2D eigenvalue weighted by atomic mass is 32.2. The number of thioether (sulfide) groups is 1. The van der Waals surface area contributed by atoms with Gasteiger partial charge < -0.3 is 10.1 Å². The van der Waals surface area contributed by atoms with Crippen molar-refractivity contribution in [1.82, 2.24) is 15.3 Å². The molecule has 0 spiro atoms. The van der Waals surface area contributed by atoms with Crippen molar-refractivity contribution in [2.24, 2.45) is 0 Å². The third kappa shape index (κ3) is 7.12. The Labute approximate surface area is 118 Å². The quantitative estimate of drug-likeness (QED) is 0.447. The molecule has 0 aromatic carbocycles. The molecule has 0 fully saturated rings. The zero-order valence-corrected chi connectivity index (χ0v) is 12.5. The summed E-state index contributed by atoms with van der Waals surface area (Å²) in [6.45, 7) is 7.85. The number of aromatic nitrogens is 2. The summed E-state index contributed by atoms with van der Waals surface area (Å²) >= 11 is 1.36. The average molecular weight is 283 g/mol. The van der Waals surface area contributed by atoms with Crippen molar-refractivity contribution in [2.45, 2.75) is 32.3 Å². The minimum absolute atomic E-state index is 0.00394. The van der Waals surface area contributed by atoms with Gasteiger partial charge in [0.25, 0.3) is 0 Å². The van der Waals surface area contributed by atoms with E-state index >= 15 is 0 Å². The predicted octanol–water partition coefficient (Wildman–Crippen LogP) is 1.73. The van der Waals surface area contributed by atoms with Crippen LogP contribution in [0.15, 0.2) is 11.2 Å². The maximum absolute atomic E-state index is 11.6. The summed E-state index contributed by atoms with van der Waals surface area (Å²) in [5, 5.41) is 3.50. The lowest BCUT2D eigenvalue weighted by molar-refractivity contribution is -0.118. The summed E-state index contributed by atoms with van der Waals surface area (Å²) in [4.78, 5) is 20.1. The summed E-state index contributed by atoms with van der Waals surface area (Å²) in [7, 11) is 0. The number of nitrogens with zero attached hydrogens (tertiary/aromatic N) is 2. The highest BCUT2D eigenvalue weighted by Crippen LogP contribution is 2.13. The second kappa shape index (κ2) is 8.87. The Bertz CT molecular complexity index is 393. The summed E-state index contributed by atoms with van der Waals surface area (Å²) in [6, 6.07) is 1.91. The summed E-state index contributed by atoms with van der Waals surface area (Å²) in [5.74, 6) is 0.349. The molecule has 1 N–H and O–H groups in total. The molecule has 0 aliphatic rings. The number of hydrogen-bond donors (Lipinski definition) is 1. The van der Waals surface area contributed by atoms with Crippen LogP contribution in [0.25, 0.3) is 0 Å². The highest BCUT2D eigenvalue weighted by molar-refractivity contribution is 7.99. The molecule has 0 bridgehead atoms. The van der Waals surface area contributed by atoms with Gasteiger partial charge in [0.05, 0.1) is 5.75 Å². The Hall–Kier alpha value is -1.14. The van der Waals surface area contributed by atoms with Crippen LogP contribution in [-0.2, 0) is 9.53 Å². The van der Waals surface area contributed by atoms with E-state index in [-0.39, 0.29) is 5.91 Å². The molecule has 0 radical (unpaired) electrons. The van der Waals surface area contributed by atoms with Crippen LogP contribution in [-0.4, -0.2) is 41.4 Å². The molecule has 1 heterocycles. The van der Waals surface area contributed by atoms with Crippen LogP contribution in [0.3, 0.4) is 0 Å². The smallest absolute Gasteiger partial charge is 0.230 e. The molecule has 0 saturated heterocycles. The zero-order valence-electron chi connectivity index (χ0n) is 11.7. The number of carbonyl (C=O) groups is 1. The van der Waals surface area contributed by atoms with Crippen LogP contribution in [0.4, 0.5) is 0 Å². The van der Waals surface area contributed by atoms with Crippen LogP contribution in [0.5, 0.6) is 0 Å². The van der Waals surface area contributed by atoms with Crippen molar-refractivity contribution in [2.75, 3.05) is 25.5 Å². The monoisotopic (exact) mass is 283 g/mol. The summed E-state index contributed by atoms with van der Waals surface area (Å²) in [5.41, 5.74) is 1.85. The molecule has 0 unspecified atom stereocenters. The van der Waals surface area contributed by atoms with Crippen LogP contribution in [0, 0.1) is 13.8 Å². The minimum atomic E-state index is 0.00394. The zero-order chi connectivity index (χ0) is 14.1. The molecule has 5 nitrogen and oxygen atoms in total. The van der Waals surface area contributed by atoms with E-state index in [0.717, 1.165) is 17.8 Å². The van der Waals surface area contributed by atoms with Gasteiger partial charge in [0.15, 0.2) is 5.16 Å². The van der Waals surface area contributed by atoms with Gasteiger partial charge in [-0.1, -0.05) is 11.8 Å². The number of amides is 1. The van der Waals surface area contributed by atoms with Gasteiger partial charge in [-0.05, 0) is 33.3 Å². The van der Waals surface area contributed by atoms with E-state index in [1.165, 1.54) is 11.8 Å². The largest absolute Gasteiger partial charge is 0.382 e. The second-order valence-electron chi connectivity index (χ2n) is 4.12. The van der Waals surface area contributed by atoms with Crippen LogP contribution in [0.1, 0.15) is 24.7 Å². The molecule has 1 aromatic heterocycles. The van der Waals surface area contributed by atoms with Crippen LogP contribution < -0.4 is 5.32 Å². The van der Waals surface area contributed by atoms with Gasteiger partial charge in [-0.3, -0.25) is 4.79 Å². The molecule has 0 aliphatic carbocycles. The Balaban J connectivity index is 2.22. The van der Waals surface area contributed by atoms with E-state index in [0.29, 0.717) is 30.7 Å². The minimum Gasteiger partial charge on any atom is -0.382 e. The first-order valence-electron chi connectivity index (χ1n) is 6.41. The Morgan fingerprint density at radius 2 is 2.05 bits per heavy atom. The van der Waals surface area contributed by atoms with Crippen LogP contribution in [0.2, 0.25) is 0 Å². The molecule has 0 aliphatic heterocycles. The number of nitrogens with one attached hydrogen (secondary N) is 1. The van der Waals surface area contributed by atoms with E-state index in [9.17, 15) is 4.79 Å². The van der Waals surface area contributed by atoms with Gasteiger partial charge in [-0.2, -0.15) is 0 Å². The highest BCUT2D eigenvalue weighted by Gasteiger charge is 2.05. The molecule has 1 aromatic rings. The number of carbonyl (C=O) groups excluding carboxylic acids is 1. The fourth-order valence-electron chi connectivity index (χ4n) is 1.49. The number of aryl methyl sites for hydroxylation is 2. The third-order valence-electron chi connectivity index (χ3n) is 2.29. The van der Waals surface area contributed by atoms with Crippen molar-refractivity contribution in [3.63, 3.8) is 0 Å². The summed E-state index contributed by atoms with van der Waals surface area (Å²) in [6.07, 6.45) is 0.838. The van der Waals surface area contributed by atoms with Gasteiger partial charge in [0, 0.05) is 31.1 Å². The predicted molar refractivity (Wildman–Crippen MR) is 76.3 cm³/mol. The van der Waals surface area contributed by atoms with Crippen molar-refractivity contribution in [3.8, 4) is 0 Å². The van der Waals surface area contributed by atoms with Crippen LogP contribution >= 0.6 is 11.8 Å². The maximum atomic E-state index is 11.6. The number of hydrogen-bond acceptors (Lipinski definition) is 5. The first-order valence-corrected chi connectivity index (χ1v) is 7.40. The van der Waals surface area contributed by atoms with Gasteiger partial charge in [0.2, 0.25) is 5.91 Å². The molecule has 1 amide bonds. The second-order valence-corrected chi connectivity index (χ2v) is 5.06. The molecular formula is C13H21N3O2S. The van der Waals surface area contributed by atoms with Gasteiger partial charge >= 0.3 is 0 Å². The fraction of sp³-hybridized carbons (Fsp3) is 0.615. The first-order chi connectivity index (χ1) is 9.11. The average Bonchev–Trinajstić information content (AvgIpc) is 2.35. The van der Waals surface area contributed by atoms with Crippen molar-refractivity contribution < 1.29 is 9.53 Å². The number of ether oxygens (including phenoxy) is 1. The Morgan fingerprint density at radius 1 is 1.37 bits per heavy atom. The van der Waals surface area contributed by atoms with E-state index in [1.54, 1.807) is 0 Å². The van der Waals surface area contributed by atoms with Gasteiger partial charge in [-0.15, -0.1) is 0 Å². The topological polar surface area (TPSA) is 64.1 Å². The molecule has 0 atom stereocenters. The lowest BCUT2D eigenvalue weighted by Crippen LogP contribution is -2.27. The van der Waals surface area contributed by atoms with Crippen molar-refractivity contribution in [3.05, 3.63) is 17.5 Å². The fourth-order valence-corrected chi connectivity index (χ4v) is 2.26. The SMILES string of the molecule is CCOCCCNC(=O)CSc1nc(C)cc(C)n1. The van der Waals surface area contributed by atoms with E-state index < -0.39 is 0 Å². The molecular weight excluding hydrogens is 262 g/mol. The Morgan fingerprint density at radius 3 is 2.68 bits per heavy atom. The molecule has 1 rings (SSSR count). The van der Waals surface area contributed by atoms with E-state index in [1.807, 2.05) is 26.8 Å². The molecule has 19 heavy (non-hydrogen) atoms. The van der Waals surface area contributed by atoms with E-state index in [4.69, 9.17) is 4.74 Å². The maximum Gasteiger partial charge on any atom is 0.230 e. The van der Waals surface area contributed by atoms with Gasteiger partial charge in [0.1, 0.15) is 0 Å². The van der Waals surface area contributed by atoms with Gasteiger partial charge in [-0.25, -0.2) is 9.97 Å². The Kier molecular flexibility index (Phi) is 7.43. The standard InChI is InChI=1S/C13H21N3O2S/c1-4-18-7-5-6-14-12(17)9-19-13-15-10(2)8-11(3)16-13/h8H,4-7,9H2,1-3H3,(H,14,17). The molecule has 0 saturated carbocycles. The normalized spacial score (nSPS) is 10.5. The van der Waals surface area contributed by atoms with Crippen molar-refractivity contribution >= 4 is 17.7 Å². The first kappa shape index (κ1) is 15.9. The molecule has 6 heteroatoms. The third-order valence-corrected chi connectivity index (χ3v) is 3.13. The lowest BCUT2D eigenvalue weighted by atomic mass is 10.4. The molecule has 106 valence electrons. The summed E-state index contributed by atoms with van der Waals surface area (Å²) < 4.78 is 5.19. The lowest BCUT2D eigenvalue weighted by Gasteiger charge is -2.05. The van der Waals surface area contributed by atoms with Crippen molar-refractivity contribution in [1.29, 1.82) is 0 Å².